The Kier molecular flexibility index (Phi) is 4.76. The van der Waals surface area contributed by atoms with E-state index in [9.17, 15) is 0 Å². The van der Waals surface area contributed by atoms with Crippen molar-refractivity contribution >= 4 is 0 Å². The smallest absolute Gasteiger partial charge is 0.122 e. The number of hydrazine groups is 1. The summed E-state index contributed by atoms with van der Waals surface area (Å²) in [6.45, 7) is 5.06. The number of methoxy groups -OCH3 is 1. The fourth-order valence-electron chi connectivity index (χ4n) is 2.28. The Labute approximate surface area is 119 Å². The molecule has 5 heteroatoms. The van der Waals surface area contributed by atoms with Gasteiger partial charge in [-0.15, -0.1) is 0 Å². The van der Waals surface area contributed by atoms with Crippen molar-refractivity contribution in [1.29, 1.82) is 0 Å². The SMILES string of the molecule is CCCn1cc(C(NN)c2ccc(C)c(OC)c2)cn1. The van der Waals surface area contributed by atoms with Gasteiger partial charge in [-0.3, -0.25) is 10.5 Å². The van der Waals surface area contributed by atoms with Crippen LogP contribution in [0.2, 0.25) is 0 Å². The van der Waals surface area contributed by atoms with Crippen molar-refractivity contribution < 1.29 is 4.74 Å². The summed E-state index contributed by atoms with van der Waals surface area (Å²) in [4.78, 5) is 0. The van der Waals surface area contributed by atoms with Crippen LogP contribution in [0.3, 0.4) is 0 Å². The molecule has 5 nitrogen and oxygen atoms in total. The zero-order valence-corrected chi connectivity index (χ0v) is 12.3. The number of hydrogen-bond acceptors (Lipinski definition) is 4. The molecular weight excluding hydrogens is 252 g/mol. The van der Waals surface area contributed by atoms with Crippen LogP contribution in [-0.2, 0) is 6.54 Å². The van der Waals surface area contributed by atoms with Gasteiger partial charge in [0.25, 0.3) is 0 Å². The third kappa shape index (κ3) is 3.00. The molecule has 0 aliphatic carbocycles. The van der Waals surface area contributed by atoms with E-state index in [0.29, 0.717) is 0 Å². The maximum atomic E-state index is 5.72. The van der Waals surface area contributed by atoms with Crippen LogP contribution in [0.15, 0.2) is 30.6 Å². The van der Waals surface area contributed by atoms with E-state index in [1.807, 2.05) is 36.1 Å². The number of aryl methyl sites for hydroxylation is 2. The average molecular weight is 274 g/mol. The summed E-state index contributed by atoms with van der Waals surface area (Å²) in [6.07, 6.45) is 4.94. The van der Waals surface area contributed by atoms with E-state index < -0.39 is 0 Å². The Hall–Kier alpha value is -1.85. The van der Waals surface area contributed by atoms with Gasteiger partial charge in [-0.1, -0.05) is 19.1 Å². The Morgan fingerprint density at radius 1 is 1.40 bits per heavy atom. The summed E-state index contributed by atoms with van der Waals surface area (Å²) in [7, 11) is 1.68. The first-order valence-electron chi connectivity index (χ1n) is 6.82. The number of ether oxygens (including phenoxy) is 1. The number of rotatable bonds is 6. The molecular formula is C15H22N4O. The second-order valence-corrected chi connectivity index (χ2v) is 4.87. The van der Waals surface area contributed by atoms with Crippen molar-refractivity contribution in [2.24, 2.45) is 5.84 Å². The van der Waals surface area contributed by atoms with E-state index in [1.165, 1.54) is 0 Å². The first-order valence-corrected chi connectivity index (χ1v) is 6.82. The number of nitrogens with zero attached hydrogens (tertiary/aromatic N) is 2. The van der Waals surface area contributed by atoms with Gasteiger partial charge in [0.05, 0.1) is 19.3 Å². The molecule has 2 rings (SSSR count). The van der Waals surface area contributed by atoms with Crippen molar-refractivity contribution in [3.05, 3.63) is 47.3 Å². The maximum Gasteiger partial charge on any atom is 0.122 e. The van der Waals surface area contributed by atoms with Gasteiger partial charge in [-0.25, -0.2) is 5.43 Å². The van der Waals surface area contributed by atoms with Crippen molar-refractivity contribution in [2.75, 3.05) is 7.11 Å². The standard InChI is InChI=1S/C15H22N4O/c1-4-7-19-10-13(9-17-19)15(18-16)12-6-5-11(2)14(8-12)20-3/h5-6,8-10,15,18H,4,7,16H2,1-3H3. The normalized spacial score (nSPS) is 12.4. The van der Waals surface area contributed by atoms with Crippen LogP contribution in [0.1, 0.15) is 36.1 Å². The molecule has 0 aliphatic heterocycles. The highest BCUT2D eigenvalue weighted by atomic mass is 16.5. The van der Waals surface area contributed by atoms with Crippen LogP contribution in [0, 0.1) is 6.92 Å². The summed E-state index contributed by atoms with van der Waals surface area (Å²) in [6, 6.07) is 6.01. The van der Waals surface area contributed by atoms with Gasteiger partial charge in [-0.05, 0) is 30.5 Å². The summed E-state index contributed by atoms with van der Waals surface area (Å²) < 4.78 is 7.31. The van der Waals surface area contributed by atoms with Gasteiger partial charge >= 0.3 is 0 Å². The van der Waals surface area contributed by atoms with Crippen LogP contribution in [0.4, 0.5) is 0 Å². The molecule has 0 bridgehead atoms. The number of nitrogens with two attached hydrogens (primary N) is 1. The molecule has 1 heterocycles. The Balaban J connectivity index is 2.31. The fourth-order valence-corrected chi connectivity index (χ4v) is 2.28. The van der Waals surface area contributed by atoms with E-state index in [4.69, 9.17) is 10.6 Å². The molecule has 0 fully saturated rings. The predicted molar refractivity (Wildman–Crippen MR) is 79.4 cm³/mol. The average Bonchev–Trinajstić information content (AvgIpc) is 2.90. The Morgan fingerprint density at radius 3 is 2.85 bits per heavy atom. The second kappa shape index (κ2) is 6.54. The highest BCUT2D eigenvalue weighted by Crippen LogP contribution is 2.26. The second-order valence-electron chi connectivity index (χ2n) is 4.87. The quantitative estimate of drug-likeness (QED) is 0.626. The van der Waals surface area contributed by atoms with E-state index in [-0.39, 0.29) is 6.04 Å². The summed E-state index contributed by atoms with van der Waals surface area (Å²) in [5, 5.41) is 4.35. The minimum absolute atomic E-state index is 0.0879. The van der Waals surface area contributed by atoms with E-state index in [2.05, 4.69) is 23.5 Å². The maximum absolute atomic E-state index is 5.72. The van der Waals surface area contributed by atoms with Gasteiger partial charge in [0.1, 0.15) is 5.75 Å². The number of benzene rings is 1. The molecule has 1 unspecified atom stereocenters. The predicted octanol–water partition coefficient (Wildman–Crippen LogP) is 2.16. The van der Waals surface area contributed by atoms with Crippen LogP contribution in [-0.4, -0.2) is 16.9 Å². The first-order chi connectivity index (χ1) is 9.69. The lowest BCUT2D eigenvalue weighted by atomic mass is 10.0. The fraction of sp³-hybridized carbons (Fsp3) is 0.400. The highest BCUT2D eigenvalue weighted by molar-refractivity contribution is 5.40. The van der Waals surface area contributed by atoms with Crippen molar-refractivity contribution in [3.63, 3.8) is 0 Å². The number of nitrogens with one attached hydrogen (secondary N) is 1. The number of hydrogen-bond donors (Lipinski definition) is 2. The topological polar surface area (TPSA) is 65.1 Å². The molecule has 0 spiro atoms. The van der Waals surface area contributed by atoms with Crippen molar-refractivity contribution in [1.82, 2.24) is 15.2 Å². The van der Waals surface area contributed by atoms with Crippen molar-refractivity contribution in [3.8, 4) is 5.75 Å². The first kappa shape index (κ1) is 14.6. The highest BCUT2D eigenvalue weighted by Gasteiger charge is 2.15. The summed E-state index contributed by atoms with van der Waals surface area (Å²) in [5.74, 6) is 6.59. The Bertz CT molecular complexity index is 565. The van der Waals surface area contributed by atoms with Crippen LogP contribution in [0.25, 0.3) is 0 Å². The minimum Gasteiger partial charge on any atom is -0.496 e. The Morgan fingerprint density at radius 2 is 2.20 bits per heavy atom. The molecule has 20 heavy (non-hydrogen) atoms. The molecule has 1 aromatic carbocycles. The van der Waals surface area contributed by atoms with Crippen LogP contribution >= 0.6 is 0 Å². The molecule has 0 amide bonds. The van der Waals surface area contributed by atoms with Crippen LogP contribution < -0.4 is 16.0 Å². The largest absolute Gasteiger partial charge is 0.496 e. The molecule has 0 radical (unpaired) electrons. The zero-order chi connectivity index (χ0) is 14.5. The van der Waals surface area contributed by atoms with Gasteiger partial charge in [0.15, 0.2) is 0 Å². The zero-order valence-electron chi connectivity index (χ0n) is 12.3. The molecule has 108 valence electrons. The minimum atomic E-state index is -0.0879. The van der Waals surface area contributed by atoms with Crippen LogP contribution in [0.5, 0.6) is 5.75 Å². The van der Waals surface area contributed by atoms with Gasteiger partial charge in [-0.2, -0.15) is 5.10 Å². The van der Waals surface area contributed by atoms with E-state index in [1.54, 1.807) is 7.11 Å². The van der Waals surface area contributed by atoms with Gasteiger partial charge in [0.2, 0.25) is 0 Å². The molecule has 1 atom stereocenters. The monoisotopic (exact) mass is 274 g/mol. The summed E-state index contributed by atoms with van der Waals surface area (Å²) in [5.41, 5.74) is 6.07. The molecule has 0 saturated heterocycles. The summed E-state index contributed by atoms with van der Waals surface area (Å²) >= 11 is 0. The lowest BCUT2D eigenvalue weighted by Gasteiger charge is -2.16. The molecule has 3 N–H and O–H groups in total. The molecule has 0 saturated carbocycles. The van der Waals surface area contributed by atoms with Gasteiger partial charge < -0.3 is 4.74 Å². The van der Waals surface area contributed by atoms with Gasteiger partial charge in [0, 0.05) is 18.3 Å². The number of aromatic nitrogens is 2. The molecule has 2 aromatic rings. The lowest BCUT2D eigenvalue weighted by Crippen LogP contribution is -2.28. The van der Waals surface area contributed by atoms with Crippen molar-refractivity contribution in [2.45, 2.75) is 32.9 Å². The van der Waals surface area contributed by atoms with E-state index >= 15 is 0 Å². The lowest BCUT2D eigenvalue weighted by molar-refractivity contribution is 0.410. The third-order valence-corrected chi connectivity index (χ3v) is 3.37. The molecule has 0 aliphatic rings. The molecule has 1 aromatic heterocycles. The third-order valence-electron chi connectivity index (χ3n) is 3.37. The van der Waals surface area contributed by atoms with E-state index in [0.717, 1.165) is 35.4 Å².